The summed E-state index contributed by atoms with van der Waals surface area (Å²) in [5, 5.41) is 11.3. The smallest absolute Gasteiger partial charge is 0.337 e. The Bertz CT molecular complexity index is 836. The van der Waals surface area contributed by atoms with Crippen LogP contribution in [0.1, 0.15) is 10.4 Å². The first-order chi connectivity index (χ1) is 10.1. The summed E-state index contributed by atoms with van der Waals surface area (Å²) in [4.78, 5) is 23.6. The van der Waals surface area contributed by atoms with E-state index in [0.717, 1.165) is 10.9 Å². The van der Waals surface area contributed by atoms with Crippen LogP contribution in [-0.2, 0) is 0 Å². The summed E-state index contributed by atoms with van der Waals surface area (Å²) >= 11 is 7.08. The number of pyridine rings is 1. The van der Waals surface area contributed by atoms with Crippen molar-refractivity contribution in [2.24, 2.45) is 0 Å². The predicted molar refractivity (Wildman–Crippen MR) is 79.9 cm³/mol. The van der Waals surface area contributed by atoms with E-state index in [0.29, 0.717) is 10.1 Å². The zero-order valence-corrected chi connectivity index (χ0v) is 12.1. The minimum absolute atomic E-state index is 0.0209. The summed E-state index contributed by atoms with van der Waals surface area (Å²) in [5.41, 5.74) is 0.843. The number of carbonyl (C=O) groups is 1. The molecule has 104 valence electrons. The fourth-order valence-corrected chi connectivity index (χ4v) is 2.85. The highest BCUT2D eigenvalue weighted by Gasteiger charge is 2.12. The van der Waals surface area contributed by atoms with Gasteiger partial charge in [-0.2, -0.15) is 0 Å². The molecule has 2 aromatic heterocycles. The van der Waals surface area contributed by atoms with Crippen molar-refractivity contribution in [3.05, 3.63) is 53.4 Å². The SMILES string of the molecule is O=C(O)c1cc(Sc2ncnc3ccccc23)ncc1Cl. The number of hydrogen-bond donors (Lipinski definition) is 1. The molecule has 0 unspecified atom stereocenters. The number of aromatic carboxylic acids is 1. The van der Waals surface area contributed by atoms with E-state index in [-0.39, 0.29) is 10.6 Å². The maximum Gasteiger partial charge on any atom is 0.337 e. The van der Waals surface area contributed by atoms with Crippen molar-refractivity contribution in [3.63, 3.8) is 0 Å². The molecule has 0 aliphatic carbocycles. The van der Waals surface area contributed by atoms with Crippen LogP contribution >= 0.6 is 23.4 Å². The molecule has 7 heteroatoms. The maximum absolute atomic E-state index is 11.1. The number of fused-ring (bicyclic) bond motifs is 1. The van der Waals surface area contributed by atoms with E-state index in [1.165, 1.54) is 30.4 Å². The first kappa shape index (κ1) is 13.8. The average Bonchev–Trinajstić information content (AvgIpc) is 2.49. The normalized spacial score (nSPS) is 10.7. The van der Waals surface area contributed by atoms with Crippen molar-refractivity contribution < 1.29 is 9.90 Å². The van der Waals surface area contributed by atoms with Crippen LogP contribution in [0.5, 0.6) is 0 Å². The Balaban J connectivity index is 2.03. The molecule has 3 rings (SSSR count). The number of aromatic nitrogens is 3. The van der Waals surface area contributed by atoms with Gasteiger partial charge in [-0.3, -0.25) is 0 Å². The Morgan fingerprint density at radius 1 is 1.19 bits per heavy atom. The van der Waals surface area contributed by atoms with Crippen LogP contribution in [0.4, 0.5) is 0 Å². The van der Waals surface area contributed by atoms with E-state index < -0.39 is 5.97 Å². The van der Waals surface area contributed by atoms with Crippen molar-refractivity contribution in [2.45, 2.75) is 10.1 Å². The molecule has 1 aromatic carbocycles. The quantitative estimate of drug-likeness (QED) is 0.745. The minimum atomic E-state index is -1.09. The Morgan fingerprint density at radius 2 is 2.00 bits per heavy atom. The highest BCUT2D eigenvalue weighted by atomic mass is 35.5. The Hall–Kier alpha value is -2.18. The molecule has 0 spiro atoms. The molecule has 0 saturated heterocycles. The van der Waals surface area contributed by atoms with Crippen LogP contribution in [0.2, 0.25) is 5.02 Å². The van der Waals surface area contributed by atoms with Gasteiger partial charge in [0, 0.05) is 11.6 Å². The topological polar surface area (TPSA) is 76.0 Å². The van der Waals surface area contributed by atoms with Crippen LogP contribution in [0.25, 0.3) is 10.9 Å². The molecule has 1 N–H and O–H groups in total. The van der Waals surface area contributed by atoms with Gasteiger partial charge in [-0.1, -0.05) is 29.8 Å². The third-order valence-corrected chi connectivity index (χ3v) is 4.02. The number of halogens is 1. The highest BCUT2D eigenvalue weighted by Crippen LogP contribution is 2.31. The second kappa shape index (κ2) is 5.67. The maximum atomic E-state index is 11.1. The van der Waals surface area contributed by atoms with Crippen LogP contribution < -0.4 is 0 Å². The lowest BCUT2D eigenvalue weighted by Crippen LogP contribution is -1.99. The number of para-hydroxylation sites is 1. The van der Waals surface area contributed by atoms with Gasteiger partial charge >= 0.3 is 5.97 Å². The van der Waals surface area contributed by atoms with Gasteiger partial charge in [-0.05, 0) is 23.9 Å². The molecule has 3 aromatic rings. The van der Waals surface area contributed by atoms with Gasteiger partial charge in [-0.25, -0.2) is 19.7 Å². The lowest BCUT2D eigenvalue weighted by Gasteiger charge is -2.05. The summed E-state index contributed by atoms with van der Waals surface area (Å²) in [5.74, 6) is -1.09. The molecule has 0 atom stereocenters. The number of benzene rings is 1. The van der Waals surface area contributed by atoms with Gasteiger partial charge < -0.3 is 5.11 Å². The molecule has 0 fully saturated rings. The fourth-order valence-electron chi connectivity index (χ4n) is 1.80. The van der Waals surface area contributed by atoms with Gasteiger partial charge in [0.1, 0.15) is 16.4 Å². The Kier molecular flexibility index (Phi) is 3.72. The molecule has 0 bridgehead atoms. The van der Waals surface area contributed by atoms with E-state index in [2.05, 4.69) is 15.0 Å². The monoisotopic (exact) mass is 317 g/mol. The third kappa shape index (κ3) is 2.81. The van der Waals surface area contributed by atoms with Crippen molar-refractivity contribution in [1.82, 2.24) is 15.0 Å². The summed E-state index contributed by atoms with van der Waals surface area (Å²) in [6.45, 7) is 0. The lowest BCUT2D eigenvalue weighted by molar-refractivity contribution is 0.0696. The average molecular weight is 318 g/mol. The molecular weight excluding hydrogens is 310 g/mol. The summed E-state index contributed by atoms with van der Waals surface area (Å²) < 4.78 is 0. The molecule has 0 aliphatic rings. The standard InChI is InChI=1S/C14H8ClN3O2S/c15-10-6-16-12(5-9(10)14(19)20)21-13-8-3-1-2-4-11(8)17-7-18-13/h1-7H,(H,19,20). The lowest BCUT2D eigenvalue weighted by atomic mass is 10.2. The van der Waals surface area contributed by atoms with Crippen LogP contribution in [-0.4, -0.2) is 26.0 Å². The van der Waals surface area contributed by atoms with Crippen LogP contribution in [0.15, 0.2) is 52.9 Å². The summed E-state index contributed by atoms with van der Waals surface area (Å²) in [6.07, 6.45) is 2.80. The van der Waals surface area contributed by atoms with E-state index in [4.69, 9.17) is 16.7 Å². The summed E-state index contributed by atoms with van der Waals surface area (Å²) in [6, 6.07) is 9.03. The number of carboxylic acids is 1. The number of nitrogens with zero attached hydrogens (tertiary/aromatic N) is 3. The highest BCUT2D eigenvalue weighted by molar-refractivity contribution is 7.99. The second-order valence-corrected chi connectivity index (χ2v) is 5.52. The first-order valence-electron chi connectivity index (χ1n) is 5.91. The number of rotatable bonds is 3. The number of hydrogen-bond acceptors (Lipinski definition) is 5. The van der Waals surface area contributed by atoms with Gasteiger partial charge in [0.25, 0.3) is 0 Å². The first-order valence-corrected chi connectivity index (χ1v) is 7.11. The second-order valence-electron chi connectivity index (χ2n) is 4.11. The molecule has 0 radical (unpaired) electrons. The van der Waals surface area contributed by atoms with Crippen molar-refractivity contribution in [2.75, 3.05) is 0 Å². The van der Waals surface area contributed by atoms with E-state index >= 15 is 0 Å². The van der Waals surface area contributed by atoms with E-state index in [1.807, 2.05) is 24.3 Å². The zero-order chi connectivity index (χ0) is 14.8. The van der Waals surface area contributed by atoms with E-state index in [1.54, 1.807) is 0 Å². The zero-order valence-electron chi connectivity index (χ0n) is 10.5. The van der Waals surface area contributed by atoms with Gasteiger partial charge in [-0.15, -0.1) is 0 Å². The van der Waals surface area contributed by atoms with Crippen LogP contribution in [0, 0.1) is 0 Å². The van der Waals surface area contributed by atoms with Gasteiger partial charge in [0.2, 0.25) is 0 Å². The number of carboxylic acid groups (broad SMARTS) is 1. The third-order valence-electron chi connectivity index (χ3n) is 2.77. The van der Waals surface area contributed by atoms with Crippen molar-refractivity contribution in [1.29, 1.82) is 0 Å². The predicted octanol–water partition coefficient (Wildman–Crippen LogP) is 3.53. The molecule has 5 nitrogen and oxygen atoms in total. The Morgan fingerprint density at radius 3 is 2.81 bits per heavy atom. The van der Waals surface area contributed by atoms with Crippen LogP contribution in [0.3, 0.4) is 0 Å². The molecule has 0 amide bonds. The van der Waals surface area contributed by atoms with E-state index in [9.17, 15) is 4.79 Å². The molecule has 0 saturated carbocycles. The molecule has 21 heavy (non-hydrogen) atoms. The van der Waals surface area contributed by atoms with Crippen molar-refractivity contribution >= 4 is 40.2 Å². The van der Waals surface area contributed by atoms with Crippen molar-refractivity contribution in [3.8, 4) is 0 Å². The molecular formula is C14H8ClN3O2S. The minimum Gasteiger partial charge on any atom is -0.478 e. The largest absolute Gasteiger partial charge is 0.478 e. The van der Waals surface area contributed by atoms with Gasteiger partial charge in [0.15, 0.2) is 0 Å². The summed E-state index contributed by atoms with van der Waals surface area (Å²) in [7, 11) is 0. The Labute approximate surface area is 129 Å². The van der Waals surface area contributed by atoms with Gasteiger partial charge in [0.05, 0.1) is 16.1 Å². The molecule has 0 aliphatic heterocycles. The fraction of sp³-hybridized carbons (Fsp3) is 0. The molecule has 2 heterocycles.